The van der Waals surface area contributed by atoms with E-state index in [0.717, 1.165) is 30.5 Å². The average molecular weight is 403 g/mol. The number of H-pyrrole nitrogens is 1. The molecule has 1 aromatic carbocycles. The summed E-state index contributed by atoms with van der Waals surface area (Å²) in [6, 6.07) is 9.24. The van der Waals surface area contributed by atoms with Crippen LogP contribution in [0.5, 0.6) is 5.75 Å². The number of para-hydroxylation sites is 1. The van der Waals surface area contributed by atoms with Crippen molar-refractivity contribution in [2.45, 2.75) is 18.3 Å². The number of aromatic amines is 1. The van der Waals surface area contributed by atoms with Gasteiger partial charge in [0.25, 0.3) is 0 Å². The van der Waals surface area contributed by atoms with Crippen LogP contribution in [-0.2, 0) is 4.79 Å². The van der Waals surface area contributed by atoms with E-state index < -0.39 is 0 Å². The molecule has 0 bridgehead atoms. The van der Waals surface area contributed by atoms with Crippen LogP contribution in [0.1, 0.15) is 29.5 Å². The molecule has 0 aliphatic carbocycles. The predicted molar refractivity (Wildman–Crippen MR) is 115 cm³/mol. The number of aromatic hydroxyl groups is 1. The Labute approximate surface area is 175 Å². The second-order valence-electron chi connectivity index (χ2n) is 8.35. The summed E-state index contributed by atoms with van der Waals surface area (Å²) in [7, 11) is 2.15. The molecule has 2 fully saturated rings. The molecule has 2 N–H and O–H groups in total. The Morgan fingerprint density at radius 3 is 2.73 bits per heavy atom. The third-order valence-corrected chi connectivity index (χ3v) is 6.38. The van der Waals surface area contributed by atoms with Gasteiger partial charge in [-0.2, -0.15) is 0 Å². The second kappa shape index (κ2) is 7.25. The van der Waals surface area contributed by atoms with Gasteiger partial charge in [0, 0.05) is 48.1 Å². The molecule has 7 heteroatoms. The Morgan fingerprint density at radius 2 is 2.03 bits per heavy atom. The number of likely N-dealkylation sites (N-methyl/N-ethyl adjacent to an activating group) is 1. The predicted octanol–water partition coefficient (Wildman–Crippen LogP) is 2.86. The van der Waals surface area contributed by atoms with Gasteiger partial charge in [-0.3, -0.25) is 4.79 Å². The highest BCUT2D eigenvalue weighted by Crippen LogP contribution is 2.41. The Morgan fingerprint density at radius 1 is 1.23 bits per heavy atom. The summed E-state index contributed by atoms with van der Waals surface area (Å²) in [6.07, 6.45) is 2.46. The molecule has 0 unspecified atom stereocenters. The van der Waals surface area contributed by atoms with Crippen molar-refractivity contribution >= 4 is 16.9 Å². The van der Waals surface area contributed by atoms with Crippen LogP contribution < -0.4 is 0 Å². The Bertz CT molecular complexity index is 1130. The van der Waals surface area contributed by atoms with Crippen LogP contribution in [0.25, 0.3) is 22.3 Å². The summed E-state index contributed by atoms with van der Waals surface area (Å²) in [5.41, 5.74) is 4.56. The zero-order valence-electron chi connectivity index (χ0n) is 17.0. The van der Waals surface area contributed by atoms with Gasteiger partial charge in [0.1, 0.15) is 5.75 Å². The van der Waals surface area contributed by atoms with Crippen LogP contribution in [-0.4, -0.2) is 69.2 Å². The van der Waals surface area contributed by atoms with E-state index in [0.29, 0.717) is 30.3 Å². The average Bonchev–Trinajstić information content (AvgIpc) is 3.29. The SMILES string of the molecule is C=CC(=O)N1CC(c2[nH]c3nnc(-c4ccccc4O)cc3c2[C@H]2CCN(C)C2)C1. The number of aromatic nitrogens is 3. The highest BCUT2D eigenvalue weighted by Gasteiger charge is 2.36. The van der Waals surface area contributed by atoms with Crippen LogP contribution in [0.4, 0.5) is 0 Å². The standard InChI is InChI=1S/C23H25N5O2/c1-3-20(30)28-12-15(13-28)22-21(14-8-9-27(2)11-14)17-10-18(25-26-23(17)24-22)16-6-4-5-7-19(16)29/h3-7,10,14-15,29H,1,8-9,11-13H2,2H3,(H,24,26)/t14-/m0/s1. The van der Waals surface area contributed by atoms with Crippen LogP contribution >= 0.6 is 0 Å². The fraction of sp³-hybridized carbons (Fsp3) is 0.348. The topological polar surface area (TPSA) is 85.3 Å². The zero-order chi connectivity index (χ0) is 20.8. The summed E-state index contributed by atoms with van der Waals surface area (Å²) in [4.78, 5) is 19.6. The van der Waals surface area contributed by atoms with Gasteiger partial charge in [-0.25, -0.2) is 0 Å². The van der Waals surface area contributed by atoms with Gasteiger partial charge >= 0.3 is 0 Å². The fourth-order valence-electron chi connectivity index (χ4n) is 4.75. The van der Waals surface area contributed by atoms with Crippen molar-refractivity contribution in [3.05, 3.63) is 54.2 Å². The lowest BCUT2D eigenvalue weighted by Gasteiger charge is -2.39. The number of rotatable bonds is 4. The number of carbonyl (C=O) groups is 1. The Kier molecular flexibility index (Phi) is 4.55. The van der Waals surface area contributed by atoms with Crippen molar-refractivity contribution in [2.24, 2.45) is 0 Å². The minimum atomic E-state index is -0.0221. The van der Waals surface area contributed by atoms with Gasteiger partial charge in [-0.1, -0.05) is 18.7 Å². The maximum absolute atomic E-state index is 11.9. The number of benzene rings is 1. The lowest BCUT2D eigenvalue weighted by atomic mass is 9.87. The molecule has 2 aliphatic heterocycles. The molecular formula is C23H25N5O2. The highest BCUT2D eigenvalue weighted by atomic mass is 16.3. The molecule has 2 saturated heterocycles. The smallest absolute Gasteiger partial charge is 0.245 e. The van der Waals surface area contributed by atoms with Crippen molar-refractivity contribution in [3.63, 3.8) is 0 Å². The molecule has 0 saturated carbocycles. The number of phenolic OH excluding ortho intramolecular Hbond substituents is 1. The fourth-order valence-corrected chi connectivity index (χ4v) is 4.75. The van der Waals surface area contributed by atoms with Crippen LogP contribution in [0.3, 0.4) is 0 Å². The molecule has 30 heavy (non-hydrogen) atoms. The van der Waals surface area contributed by atoms with E-state index in [9.17, 15) is 9.90 Å². The number of amides is 1. The van der Waals surface area contributed by atoms with Crippen LogP contribution in [0.15, 0.2) is 43.0 Å². The molecular weight excluding hydrogens is 378 g/mol. The number of phenols is 1. The highest BCUT2D eigenvalue weighted by molar-refractivity contribution is 5.89. The number of carbonyl (C=O) groups excluding carboxylic acids is 1. The number of hydrogen-bond acceptors (Lipinski definition) is 5. The van der Waals surface area contributed by atoms with Crippen molar-refractivity contribution < 1.29 is 9.90 Å². The molecule has 0 radical (unpaired) electrons. The van der Waals surface area contributed by atoms with Gasteiger partial charge in [0.2, 0.25) is 5.91 Å². The number of nitrogens with zero attached hydrogens (tertiary/aromatic N) is 4. The first-order valence-corrected chi connectivity index (χ1v) is 10.3. The third kappa shape index (κ3) is 3.06. The molecule has 2 aromatic heterocycles. The molecule has 0 spiro atoms. The molecule has 5 rings (SSSR count). The zero-order valence-corrected chi connectivity index (χ0v) is 17.0. The molecule has 154 valence electrons. The maximum Gasteiger partial charge on any atom is 0.245 e. The summed E-state index contributed by atoms with van der Waals surface area (Å²) < 4.78 is 0. The first-order chi connectivity index (χ1) is 14.5. The van der Waals surface area contributed by atoms with Gasteiger partial charge in [-0.05, 0) is 49.9 Å². The van der Waals surface area contributed by atoms with Crippen molar-refractivity contribution in [1.82, 2.24) is 25.0 Å². The van der Waals surface area contributed by atoms with Crippen molar-refractivity contribution in [2.75, 3.05) is 33.2 Å². The molecule has 7 nitrogen and oxygen atoms in total. The van der Waals surface area contributed by atoms with E-state index in [-0.39, 0.29) is 17.6 Å². The van der Waals surface area contributed by atoms with E-state index in [1.807, 2.05) is 23.1 Å². The number of likely N-dealkylation sites (tertiary alicyclic amines) is 2. The first-order valence-electron chi connectivity index (χ1n) is 10.3. The van der Waals surface area contributed by atoms with Gasteiger partial charge < -0.3 is 19.9 Å². The van der Waals surface area contributed by atoms with Crippen molar-refractivity contribution in [1.29, 1.82) is 0 Å². The van der Waals surface area contributed by atoms with Gasteiger partial charge in [0.05, 0.1) is 5.69 Å². The Hall–Kier alpha value is -3.19. The van der Waals surface area contributed by atoms with E-state index in [2.05, 4.69) is 33.7 Å². The second-order valence-corrected chi connectivity index (χ2v) is 8.35. The van der Waals surface area contributed by atoms with Gasteiger partial charge in [-0.15, -0.1) is 10.2 Å². The van der Waals surface area contributed by atoms with Gasteiger partial charge in [0.15, 0.2) is 5.65 Å². The summed E-state index contributed by atoms with van der Waals surface area (Å²) in [5, 5.41) is 20.1. The number of fused-ring (bicyclic) bond motifs is 1. The molecule has 4 heterocycles. The largest absolute Gasteiger partial charge is 0.507 e. The summed E-state index contributed by atoms with van der Waals surface area (Å²) in [6.45, 7) is 7.02. The lowest BCUT2D eigenvalue weighted by Crippen LogP contribution is -2.48. The number of hydrogen-bond donors (Lipinski definition) is 2. The first kappa shape index (κ1) is 18.8. The minimum Gasteiger partial charge on any atom is -0.507 e. The van der Waals surface area contributed by atoms with E-state index in [1.54, 1.807) is 12.1 Å². The molecule has 1 amide bonds. The van der Waals surface area contributed by atoms with E-state index in [1.165, 1.54) is 17.3 Å². The molecule has 1 atom stereocenters. The Balaban J connectivity index is 1.59. The number of nitrogens with one attached hydrogen (secondary N) is 1. The minimum absolute atomic E-state index is 0.0221. The monoisotopic (exact) mass is 403 g/mol. The summed E-state index contributed by atoms with van der Waals surface area (Å²) in [5.74, 6) is 0.842. The van der Waals surface area contributed by atoms with Crippen LogP contribution in [0, 0.1) is 0 Å². The van der Waals surface area contributed by atoms with E-state index in [4.69, 9.17) is 0 Å². The quantitative estimate of drug-likeness (QED) is 0.655. The summed E-state index contributed by atoms with van der Waals surface area (Å²) >= 11 is 0. The normalized spacial score (nSPS) is 19.9. The molecule has 3 aromatic rings. The van der Waals surface area contributed by atoms with E-state index >= 15 is 0 Å². The van der Waals surface area contributed by atoms with Crippen molar-refractivity contribution in [3.8, 4) is 17.0 Å². The maximum atomic E-state index is 11.9. The van der Waals surface area contributed by atoms with Crippen LogP contribution in [0.2, 0.25) is 0 Å². The lowest BCUT2D eigenvalue weighted by molar-refractivity contribution is -0.130. The third-order valence-electron chi connectivity index (χ3n) is 6.38. The molecule has 2 aliphatic rings.